The lowest BCUT2D eigenvalue weighted by Gasteiger charge is -2.30. The number of rotatable bonds is 5. The fraction of sp³-hybridized carbons (Fsp3) is 0.316. The summed E-state index contributed by atoms with van der Waals surface area (Å²) in [6.45, 7) is 2.26. The minimum Gasteiger partial charge on any atom is -0.496 e. The molecular formula is C19H22N2O5S. The minimum absolute atomic E-state index is 0.124. The molecule has 2 aromatic rings. The molecule has 1 aliphatic rings. The number of para-hydroxylation sites is 2. The van der Waals surface area contributed by atoms with Gasteiger partial charge in [-0.15, -0.1) is 0 Å². The molecular weight excluding hydrogens is 368 g/mol. The molecule has 0 atom stereocenters. The second-order valence-electron chi connectivity index (χ2n) is 6.25. The molecule has 0 saturated heterocycles. The molecule has 3 rings (SSSR count). The number of carbonyl (C=O) groups excluding carboxylic acids is 1. The van der Waals surface area contributed by atoms with Crippen LogP contribution in [-0.2, 0) is 14.8 Å². The summed E-state index contributed by atoms with van der Waals surface area (Å²) in [5.74, 6) is 0.924. The molecule has 0 aliphatic carbocycles. The fourth-order valence-electron chi connectivity index (χ4n) is 2.98. The van der Waals surface area contributed by atoms with E-state index in [4.69, 9.17) is 9.47 Å². The number of aryl methyl sites for hydroxylation is 1. The molecule has 0 radical (unpaired) electrons. The monoisotopic (exact) mass is 390 g/mol. The number of nitrogens with zero attached hydrogens (tertiary/aromatic N) is 2. The highest BCUT2D eigenvalue weighted by atomic mass is 32.2. The molecule has 0 bridgehead atoms. The Morgan fingerprint density at radius 2 is 2.00 bits per heavy atom. The SMILES string of the molecule is COc1ccc(S(=O)(=O)N(C)CC(=O)N2CCOc3ccccc32)cc1C. The highest BCUT2D eigenvalue weighted by Gasteiger charge is 2.28. The molecule has 144 valence electrons. The van der Waals surface area contributed by atoms with E-state index in [2.05, 4.69) is 0 Å². The molecule has 0 fully saturated rings. The van der Waals surface area contributed by atoms with E-state index < -0.39 is 10.0 Å². The van der Waals surface area contributed by atoms with Gasteiger partial charge in [0.2, 0.25) is 15.9 Å². The van der Waals surface area contributed by atoms with E-state index in [1.807, 2.05) is 12.1 Å². The number of sulfonamides is 1. The van der Waals surface area contributed by atoms with Crippen LogP contribution in [-0.4, -0.2) is 52.5 Å². The number of methoxy groups -OCH3 is 1. The van der Waals surface area contributed by atoms with E-state index in [1.165, 1.54) is 20.2 Å². The number of hydrogen-bond acceptors (Lipinski definition) is 5. The van der Waals surface area contributed by atoms with Crippen LogP contribution in [0.5, 0.6) is 11.5 Å². The van der Waals surface area contributed by atoms with Gasteiger partial charge in [0.25, 0.3) is 0 Å². The third-order valence-corrected chi connectivity index (χ3v) is 6.26. The van der Waals surface area contributed by atoms with Crippen molar-refractivity contribution < 1.29 is 22.7 Å². The van der Waals surface area contributed by atoms with Crippen LogP contribution in [0.3, 0.4) is 0 Å². The lowest BCUT2D eigenvalue weighted by atomic mass is 10.2. The minimum atomic E-state index is -3.80. The molecule has 0 saturated carbocycles. The van der Waals surface area contributed by atoms with Gasteiger partial charge in [-0.05, 0) is 42.8 Å². The van der Waals surface area contributed by atoms with Gasteiger partial charge in [0, 0.05) is 7.05 Å². The molecule has 2 aromatic carbocycles. The van der Waals surface area contributed by atoms with Crippen LogP contribution in [0.4, 0.5) is 5.69 Å². The molecule has 1 heterocycles. The van der Waals surface area contributed by atoms with Crippen LogP contribution in [0.1, 0.15) is 5.56 Å². The molecule has 1 amide bonds. The van der Waals surface area contributed by atoms with Crippen molar-refractivity contribution in [2.45, 2.75) is 11.8 Å². The Kier molecular flexibility index (Phi) is 5.38. The molecule has 8 heteroatoms. The van der Waals surface area contributed by atoms with Gasteiger partial charge in [-0.1, -0.05) is 12.1 Å². The predicted octanol–water partition coefficient (Wildman–Crippen LogP) is 2.05. The smallest absolute Gasteiger partial charge is 0.243 e. The van der Waals surface area contributed by atoms with Crippen molar-refractivity contribution in [1.29, 1.82) is 0 Å². The van der Waals surface area contributed by atoms with Crippen LogP contribution in [0.25, 0.3) is 0 Å². The van der Waals surface area contributed by atoms with Crippen molar-refractivity contribution in [3.63, 3.8) is 0 Å². The van der Waals surface area contributed by atoms with Gasteiger partial charge in [-0.25, -0.2) is 8.42 Å². The van der Waals surface area contributed by atoms with Crippen molar-refractivity contribution in [2.75, 3.05) is 38.8 Å². The number of likely N-dealkylation sites (N-methyl/N-ethyl adjacent to an activating group) is 1. The summed E-state index contributed by atoms with van der Waals surface area (Å²) in [6, 6.07) is 11.8. The standard InChI is InChI=1S/C19H22N2O5S/c1-14-12-15(8-9-17(14)25-3)27(23,24)20(2)13-19(22)21-10-11-26-18-7-5-4-6-16(18)21/h4-9,12H,10-11,13H2,1-3H3. The maximum absolute atomic E-state index is 12.8. The second kappa shape index (κ2) is 7.58. The van der Waals surface area contributed by atoms with E-state index in [1.54, 1.807) is 36.1 Å². The van der Waals surface area contributed by atoms with Gasteiger partial charge in [-0.2, -0.15) is 4.31 Å². The average Bonchev–Trinajstić information content (AvgIpc) is 2.67. The van der Waals surface area contributed by atoms with Crippen LogP contribution >= 0.6 is 0 Å². The highest BCUT2D eigenvalue weighted by molar-refractivity contribution is 7.89. The van der Waals surface area contributed by atoms with E-state index in [0.717, 1.165) is 4.31 Å². The van der Waals surface area contributed by atoms with Crippen LogP contribution in [0.2, 0.25) is 0 Å². The maximum Gasteiger partial charge on any atom is 0.243 e. The lowest BCUT2D eigenvalue weighted by molar-refractivity contribution is -0.118. The normalized spacial score (nSPS) is 13.9. The lowest BCUT2D eigenvalue weighted by Crippen LogP contribution is -2.44. The molecule has 1 aliphatic heterocycles. The number of benzene rings is 2. The van der Waals surface area contributed by atoms with Gasteiger partial charge in [0.1, 0.15) is 18.1 Å². The van der Waals surface area contributed by atoms with Gasteiger partial charge >= 0.3 is 0 Å². The first-order chi connectivity index (χ1) is 12.8. The highest BCUT2D eigenvalue weighted by Crippen LogP contribution is 2.31. The van der Waals surface area contributed by atoms with Crippen molar-refractivity contribution >= 4 is 21.6 Å². The van der Waals surface area contributed by atoms with Gasteiger partial charge in [-0.3, -0.25) is 4.79 Å². The van der Waals surface area contributed by atoms with Crippen LogP contribution in [0.15, 0.2) is 47.4 Å². The summed E-state index contributed by atoms with van der Waals surface area (Å²) >= 11 is 0. The summed E-state index contributed by atoms with van der Waals surface area (Å²) in [5, 5.41) is 0. The third-order valence-electron chi connectivity index (χ3n) is 4.46. The zero-order valence-corrected chi connectivity index (χ0v) is 16.3. The molecule has 27 heavy (non-hydrogen) atoms. The summed E-state index contributed by atoms with van der Waals surface area (Å²) in [5.41, 5.74) is 1.36. The number of anilines is 1. The van der Waals surface area contributed by atoms with E-state index in [0.29, 0.717) is 35.9 Å². The largest absolute Gasteiger partial charge is 0.496 e. The Hall–Kier alpha value is -2.58. The molecule has 0 spiro atoms. The Morgan fingerprint density at radius 1 is 1.26 bits per heavy atom. The topological polar surface area (TPSA) is 76.2 Å². The van der Waals surface area contributed by atoms with Gasteiger partial charge in [0.05, 0.1) is 30.8 Å². The van der Waals surface area contributed by atoms with Crippen molar-refractivity contribution in [3.05, 3.63) is 48.0 Å². The van der Waals surface area contributed by atoms with Crippen LogP contribution < -0.4 is 14.4 Å². The van der Waals surface area contributed by atoms with Crippen LogP contribution in [0, 0.1) is 6.92 Å². The second-order valence-corrected chi connectivity index (χ2v) is 8.30. The molecule has 0 unspecified atom stereocenters. The number of amides is 1. The average molecular weight is 390 g/mol. The van der Waals surface area contributed by atoms with Crippen molar-refractivity contribution in [3.8, 4) is 11.5 Å². The van der Waals surface area contributed by atoms with Crippen molar-refractivity contribution in [1.82, 2.24) is 4.31 Å². The number of ether oxygens (including phenoxy) is 2. The van der Waals surface area contributed by atoms with E-state index in [9.17, 15) is 13.2 Å². The quantitative estimate of drug-likeness (QED) is 0.781. The van der Waals surface area contributed by atoms with Gasteiger partial charge < -0.3 is 14.4 Å². The first-order valence-corrected chi connectivity index (χ1v) is 9.92. The van der Waals surface area contributed by atoms with E-state index >= 15 is 0 Å². The summed E-state index contributed by atoms with van der Waals surface area (Å²) in [4.78, 5) is 14.4. The number of fused-ring (bicyclic) bond motifs is 1. The third kappa shape index (κ3) is 3.77. The van der Waals surface area contributed by atoms with Crippen molar-refractivity contribution in [2.24, 2.45) is 0 Å². The summed E-state index contributed by atoms with van der Waals surface area (Å²) in [7, 11) is -0.867. The number of carbonyl (C=O) groups is 1. The van der Waals surface area contributed by atoms with Gasteiger partial charge in [0.15, 0.2) is 0 Å². The predicted molar refractivity (Wildman–Crippen MR) is 102 cm³/mol. The summed E-state index contributed by atoms with van der Waals surface area (Å²) in [6.07, 6.45) is 0. The first kappa shape index (κ1) is 19.2. The molecule has 7 nitrogen and oxygen atoms in total. The number of hydrogen-bond donors (Lipinski definition) is 0. The Labute approximate surface area is 159 Å². The Morgan fingerprint density at radius 3 is 2.70 bits per heavy atom. The fourth-order valence-corrected chi connectivity index (χ4v) is 4.19. The Bertz CT molecular complexity index is 958. The Balaban J connectivity index is 1.79. The first-order valence-electron chi connectivity index (χ1n) is 8.48. The zero-order chi connectivity index (χ0) is 19.6. The summed E-state index contributed by atoms with van der Waals surface area (Å²) < 4.78 is 37.5. The molecule has 0 N–H and O–H groups in total. The molecule has 0 aromatic heterocycles. The zero-order valence-electron chi connectivity index (χ0n) is 15.5. The maximum atomic E-state index is 12.8. The van der Waals surface area contributed by atoms with E-state index in [-0.39, 0.29) is 17.3 Å².